The van der Waals surface area contributed by atoms with Gasteiger partial charge in [-0.2, -0.15) is 0 Å². The summed E-state index contributed by atoms with van der Waals surface area (Å²) in [5, 5.41) is 5.18. The van der Waals surface area contributed by atoms with Crippen molar-refractivity contribution in [2.45, 2.75) is 0 Å². The van der Waals surface area contributed by atoms with Crippen molar-refractivity contribution >= 4 is 28.1 Å². The van der Waals surface area contributed by atoms with Crippen molar-refractivity contribution in [3.05, 3.63) is 53.8 Å². The SMILES string of the molecule is Nc1nc(-c2ccc(NC(=O)c3ccco3)cc2)cs1. The van der Waals surface area contributed by atoms with E-state index >= 15 is 0 Å². The molecular formula is C14H11N3O2S. The number of anilines is 2. The van der Waals surface area contributed by atoms with Crippen molar-refractivity contribution < 1.29 is 9.21 Å². The summed E-state index contributed by atoms with van der Waals surface area (Å²) in [6, 6.07) is 10.7. The highest BCUT2D eigenvalue weighted by molar-refractivity contribution is 7.13. The third-order valence-electron chi connectivity index (χ3n) is 2.71. The van der Waals surface area contributed by atoms with Crippen LogP contribution in [0.4, 0.5) is 10.8 Å². The molecular weight excluding hydrogens is 274 g/mol. The maximum Gasteiger partial charge on any atom is 0.291 e. The van der Waals surface area contributed by atoms with Crippen molar-refractivity contribution in [2.24, 2.45) is 0 Å². The molecule has 0 atom stereocenters. The van der Waals surface area contributed by atoms with Gasteiger partial charge < -0.3 is 15.5 Å². The minimum atomic E-state index is -0.277. The number of nitrogens with zero attached hydrogens (tertiary/aromatic N) is 1. The summed E-state index contributed by atoms with van der Waals surface area (Å²) in [5.74, 6) is 0.00186. The number of hydrogen-bond donors (Lipinski definition) is 2. The Balaban J connectivity index is 1.75. The molecule has 3 N–H and O–H groups in total. The van der Waals surface area contributed by atoms with Gasteiger partial charge >= 0.3 is 0 Å². The Morgan fingerprint density at radius 1 is 1.25 bits per heavy atom. The van der Waals surface area contributed by atoms with Gasteiger partial charge in [-0.15, -0.1) is 11.3 Å². The zero-order valence-corrected chi connectivity index (χ0v) is 11.2. The molecule has 5 nitrogen and oxygen atoms in total. The molecule has 0 fully saturated rings. The summed E-state index contributed by atoms with van der Waals surface area (Å²) in [7, 11) is 0. The molecule has 3 aromatic rings. The first-order valence-corrected chi connectivity index (χ1v) is 6.76. The smallest absolute Gasteiger partial charge is 0.291 e. The third kappa shape index (κ3) is 2.55. The molecule has 100 valence electrons. The number of nitrogen functional groups attached to an aromatic ring is 1. The maximum atomic E-state index is 11.8. The average Bonchev–Trinajstić information content (AvgIpc) is 3.10. The Labute approximate surface area is 119 Å². The number of carbonyl (C=O) groups is 1. The number of benzene rings is 1. The molecule has 0 aliphatic carbocycles. The Bertz CT molecular complexity index is 717. The number of hydrogen-bond acceptors (Lipinski definition) is 5. The van der Waals surface area contributed by atoms with E-state index in [-0.39, 0.29) is 11.7 Å². The summed E-state index contributed by atoms with van der Waals surface area (Å²) in [6.07, 6.45) is 1.46. The maximum absolute atomic E-state index is 11.8. The fourth-order valence-electron chi connectivity index (χ4n) is 1.74. The van der Waals surface area contributed by atoms with Gasteiger partial charge in [0.25, 0.3) is 5.91 Å². The minimum absolute atomic E-state index is 0.277. The van der Waals surface area contributed by atoms with Crippen LogP contribution in [0.25, 0.3) is 11.3 Å². The van der Waals surface area contributed by atoms with E-state index in [4.69, 9.17) is 10.2 Å². The zero-order chi connectivity index (χ0) is 13.9. The Kier molecular flexibility index (Phi) is 3.22. The fraction of sp³-hybridized carbons (Fsp3) is 0. The van der Waals surface area contributed by atoms with E-state index < -0.39 is 0 Å². The summed E-state index contributed by atoms with van der Waals surface area (Å²) < 4.78 is 5.03. The van der Waals surface area contributed by atoms with Crippen molar-refractivity contribution in [3.63, 3.8) is 0 Å². The van der Waals surface area contributed by atoms with Gasteiger partial charge in [-0.3, -0.25) is 4.79 Å². The second-order valence-electron chi connectivity index (χ2n) is 4.08. The lowest BCUT2D eigenvalue weighted by atomic mass is 10.1. The Hall–Kier alpha value is -2.60. The fourth-order valence-corrected chi connectivity index (χ4v) is 2.32. The highest BCUT2D eigenvalue weighted by atomic mass is 32.1. The number of thiazole rings is 1. The van der Waals surface area contributed by atoms with E-state index in [0.29, 0.717) is 10.8 Å². The molecule has 3 rings (SSSR count). The molecule has 0 unspecified atom stereocenters. The molecule has 20 heavy (non-hydrogen) atoms. The molecule has 0 saturated carbocycles. The zero-order valence-electron chi connectivity index (χ0n) is 10.4. The van der Waals surface area contributed by atoms with Crippen molar-refractivity contribution in [2.75, 3.05) is 11.1 Å². The van der Waals surface area contributed by atoms with E-state index in [1.807, 2.05) is 29.6 Å². The Morgan fingerprint density at radius 2 is 2.05 bits per heavy atom. The van der Waals surface area contributed by atoms with Gasteiger partial charge in [0.15, 0.2) is 10.9 Å². The van der Waals surface area contributed by atoms with Crippen LogP contribution in [0.5, 0.6) is 0 Å². The van der Waals surface area contributed by atoms with Crippen LogP contribution in [0.15, 0.2) is 52.5 Å². The summed E-state index contributed by atoms with van der Waals surface area (Å²) in [6.45, 7) is 0. The van der Waals surface area contributed by atoms with Crippen molar-refractivity contribution in [1.82, 2.24) is 4.98 Å². The van der Waals surface area contributed by atoms with Crippen LogP contribution in [0, 0.1) is 0 Å². The first-order valence-electron chi connectivity index (χ1n) is 5.89. The van der Waals surface area contributed by atoms with Gasteiger partial charge in [-0.25, -0.2) is 4.98 Å². The number of aromatic nitrogens is 1. The Morgan fingerprint density at radius 3 is 2.65 bits per heavy atom. The second kappa shape index (κ2) is 5.18. The average molecular weight is 285 g/mol. The topological polar surface area (TPSA) is 81.1 Å². The number of rotatable bonds is 3. The number of furan rings is 1. The lowest BCUT2D eigenvalue weighted by Gasteiger charge is -2.04. The summed E-state index contributed by atoms with van der Waals surface area (Å²) in [4.78, 5) is 16.0. The molecule has 6 heteroatoms. The normalized spacial score (nSPS) is 10.4. The van der Waals surface area contributed by atoms with Gasteiger partial charge in [0, 0.05) is 16.6 Å². The van der Waals surface area contributed by atoms with Crippen molar-refractivity contribution in [1.29, 1.82) is 0 Å². The predicted octanol–water partition coefficient (Wildman–Crippen LogP) is 3.24. The third-order valence-corrected chi connectivity index (χ3v) is 3.38. The largest absolute Gasteiger partial charge is 0.459 e. The van der Waals surface area contributed by atoms with Crippen LogP contribution in [0.3, 0.4) is 0 Å². The van der Waals surface area contributed by atoms with E-state index in [0.717, 1.165) is 11.3 Å². The highest BCUT2D eigenvalue weighted by Gasteiger charge is 2.09. The molecule has 1 aromatic carbocycles. The molecule has 0 aliphatic heterocycles. The number of nitrogens with one attached hydrogen (secondary N) is 1. The monoisotopic (exact) mass is 285 g/mol. The van der Waals surface area contributed by atoms with E-state index in [1.165, 1.54) is 17.6 Å². The van der Waals surface area contributed by atoms with Gasteiger partial charge in [0.05, 0.1) is 12.0 Å². The van der Waals surface area contributed by atoms with Crippen molar-refractivity contribution in [3.8, 4) is 11.3 Å². The first-order chi connectivity index (χ1) is 9.72. The molecule has 2 heterocycles. The lowest BCUT2D eigenvalue weighted by Crippen LogP contribution is -2.10. The second-order valence-corrected chi connectivity index (χ2v) is 4.97. The molecule has 0 radical (unpaired) electrons. The lowest BCUT2D eigenvalue weighted by molar-refractivity contribution is 0.0996. The van der Waals surface area contributed by atoms with Gasteiger partial charge in [-0.05, 0) is 24.3 Å². The molecule has 0 bridgehead atoms. The van der Waals surface area contributed by atoms with Crippen LogP contribution in [0.2, 0.25) is 0 Å². The van der Waals surface area contributed by atoms with E-state index in [2.05, 4.69) is 10.3 Å². The molecule has 1 amide bonds. The van der Waals surface area contributed by atoms with Crippen LogP contribution in [-0.4, -0.2) is 10.9 Å². The molecule has 0 aliphatic rings. The van der Waals surface area contributed by atoms with Crippen LogP contribution >= 0.6 is 11.3 Å². The molecule has 2 aromatic heterocycles. The molecule has 0 saturated heterocycles. The summed E-state index contributed by atoms with van der Waals surface area (Å²) >= 11 is 1.40. The van der Waals surface area contributed by atoms with Crippen LogP contribution < -0.4 is 11.1 Å². The predicted molar refractivity (Wildman–Crippen MR) is 78.6 cm³/mol. The van der Waals surface area contributed by atoms with Gasteiger partial charge in [0.2, 0.25) is 0 Å². The van der Waals surface area contributed by atoms with E-state index in [9.17, 15) is 4.79 Å². The van der Waals surface area contributed by atoms with Crippen LogP contribution in [0.1, 0.15) is 10.6 Å². The quantitative estimate of drug-likeness (QED) is 0.774. The van der Waals surface area contributed by atoms with E-state index in [1.54, 1.807) is 12.1 Å². The van der Waals surface area contributed by atoms with Crippen LogP contribution in [-0.2, 0) is 0 Å². The van der Waals surface area contributed by atoms with Gasteiger partial charge in [-0.1, -0.05) is 12.1 Å². The number of carbonyl (C=O) groups excluding carboxylic acids is 1. The standard InChI is InChI=1S/C14H11N3O2S/c15-14-17-11(8-20-14)9-3-5-10(6-4-9)16-13(18)12-2-1-7-19-12/h1-8H,(H2,15,17)(H,16,18). The highest BCUT2D eigenvalue weighted by Crippen LogP contribution is 2.24. The molecule has 0 spiro atoms. The number of nitrogens with two attached hydrogens (primary N) is 1. The summed E-state index contributed by atoms with van der Waals surface area (Å²) in [5.41, 5.74) is 8.08. The number of amides is 1. The first kappa shape index (κ1) is 12.4. The minimum Gasteiger partial charge on any atom is -0.459 e. The van der Waals surface area contributed by atoms with Gasteiger partial charge in [0.1, 0.15) is 0 Å².